The van der Waals surface area contributed by atoms with Gasteiger partial charge in [-0.1, -0.05) is 40.5 Å². The standard InChI is InChI=1S/C18H36N2/c1-15(2)16-7-5-10-18(13-19,11-8-16)20-12-6-9-17(3,4)14-20/h15-16H,5-14,19H2,1-4H3. The van der Waals surface area contributed by atoms with E-state index in [-0.39, 0.29) is 0 Å². The molecule has 0 aromatic rings. The van der Waals surface area contributed by atoms with Gasteiger partial charge in [-0.2, -0.15) is 0 Å². The molecular weight excluding hydrogens is 244 g/mol. The Bertz CT molecular complexity index is 311. The minimum atomic E-state index is 0.307. The maximum Gasteiger partial charge on any atom is 0.0332 e. The fourth-order valence-corrected chi connectivity index (χ4v) is 4.56. The third-order valence-corrected chi connectivity index (χ3v) is 6.09. The van der Waals surface area contributed by atoms with E-state index in [1.54, 1.807) is 0 Å². The number of nitrogens with zero attached hydrogens (tertiary/aromatic N) is 1. The molecule has 0 aromatic heterocycles. The summed E-state index contributed by atoms with van der Waals surface area (Å²) < 4.78 is 0. The van der Waals surface area contributed by atoms with E-state index in [1.165, 1.54) is 58.0 Å². The van der Waals surface area contributed by atoms with E-state index in [9.17, 15) is 0 Å². The van der Waals surface area contributed by atoms with Crippen molar-refractivity contribution in [3.05, 3.63) is 0 Å². The van der Waals surface area contributed by atoms with Crippen LogP contribution < -0.4 is 5.73 Å². The highest BCUT2D eigenvalue weighted by atomic mass is 15.2. The number of rotatable bonds is 3. The highest BCUT2D eigenvalue weighted by Crippen LogP contribution is 2.40. The van der Waals surface area contributed by atoms with Crippen LogP contribution >= 0.6 is 0 Å². The predicted molar refractivity (Wildman–Crippen MR) is 87.8 cm³/mol. The Labute approximate surface area is 126 Å². The number of piperidine rings is 1. The molecule has 20 heavy (non-hydrogen) atoms. The van der Waals surface area contributed by atoms with E-state index in [1.807, 2.05) is 0 Å². The summed E-state index contributed by atoms with van der Waals surface area (Å²) in [4.78, 5) is 2.78. The van der Waals surface area contributed by atoms with E-state index in [0.29, 0.717) is 11.0 Å². The molecule has 2 nitrogen and oxygen atoms in total. The summed E-state index contributed by atoms with van der Waals surface area (Å²) in [6.45, 7) is 13.0. The van der Waals surface area contributed by atoms with Gasteiger partial charge in [-0.3, -0.25) is 4.90 Å². The summed E-state index contributed by atoms with van der Waals surface area (Å²) in [6, 6.07) is 0. The zero-order valence-corrected chi connectivity index (χ0v) is 14.3. The van der Waals surface area contributed by atoms with Gasteiger partial charge < -0.3 is 5.73 Å². The highest BCUT2D eigenvalue weighted by molar-refractivity contribution is 4.97. The quantitative estimate of drug-likeness (QED) is 0.791. The van der Waals surface area contributed by atoms with Crippen molar-refractivity contribution in [1.29, 1.82) is 0 Å². The van der Waals surface area contributed by atoms with Gasteiger partial charge in [0.1, 0.15) is 0 Å². The largest absolute Gasteiger partial charge is 0.329 e. The molecule has 0 amide bonds. The average Bonchev–Trinajstić information content (AvgIpc) is 2.60. The van der Waals surface area contributed by atoms with E-state index in [0.717, 1.165) is 18.4 Å². The second-order valence-corrected chi connectivity index (χ2v) is 8.55. The van der Waals surface area contributed by atoms with Crippen LogP contribution in [0.15, 0.2) is 0 Å². The van der Waals surface area contributed by atoms with Crippen molar-refractivity contribution in [2.75, 3.05) is 19.6 Å². The summed E-state index contributed by atoms with van der Waals surface area (Å²) in [6.07, 6.45) is 9.53. The number of likely N-dealkylation sites (tertiary alicyclic amines) is 1. The van der Waals surface area contributed by atoms with Gasteiger partial charge in [0.25, 0.3) is 0 Å². The molecule has 2 unspecified atom stereocenters. The first-order valence-corrected chi connectivity index (χ1v) is 8.84. The first-order chi connectivity index (χ1) is 9.38. The second kappa shape index (κ2) is 6.36. The second-order valence-electron chi connectivity index (χ2n) is 8.55. The predicted octanol–water partition coefficient (Wildman–Crippen LogP) is 4.04. The monoisotopic (exact) mass is 280 g/mol. The van der Waals surface area contributed by atoms with E-state index in [4.69, 9.17) is 5.73 Å². The van der Waals surface area contributed by atoms with Crippen molar-refractivity contribution in [2.24, 2.45) is 23.0 Å². The Kier molecular flexibility index (Phi) is 5.18. The molecule has 1 saturated heterocycles. The molecule has 118 valence electrons. The summed E-state index contributed by atoms with van der Waals surface area (Å²) in [7, 11) is 0. The third kappa shape index (κ3) is 3.57. The van der Waals surface area contributed by atoms with Crippen molar-refractivity contribution >= 4 is 0 Å². The third-order valence-electron chi connectivity index (χ3n) is 6.09. The first-order valence-electron chi connectivity index (χ1n) is 8.84. The number of nitrogens with two attached hydrogens (primary N) is 1. The van der Waals surface area contributed by atoms with Crippen LogP contribution in [-0.2, 0) is 0 Å². The van der Waals surface area contributed by atoms with E-state index in [2.05, 4.69) is 32.6 Å². The molecule has 1 heterocycles. The van der Waals surface area contributed by atoms with Gasteiger partial charge in [-0.15, -0.1) is 0 Å². The normalized spacial score (nSPS) is 36.0. The Morgan fingerprint density at radius 1 is 1.10 bits per heavy atom. The number of hydrogen-bond donors (Lipinski definition) is 1. The van der Waals surface area contributed by atoms with Crippen LogP contribution in [0.4, 0.5) is 0 Å². The molecule has 0 spiro atoms. The minimum Gasteiger partial charge on any atom is -0.329 e. The molecule has 0 bridgehead atoms. The van der Waals surface area contributed by atoms with Crippen molar-refractivity contribution < 1.29 is 0 Å². The molecule has 2 fully saturated rings. The molecule has 1 aliphatic heterocycles. The van der Waals surface area contributed by atoms with Gasteiger partial charge >= 0.3 is 0 Å². The molecule has 2 N–H and O–H groups in total. The minimum absolute atomic E-state index is 0.307. The zero-order chi connectivity index (χ0) is 14.8. The Morgan fingerprint density at radius 3 is 2.45 bits per heavy atom. The fourth-order valence-electron chi connectivity index (χ4n) is 4.56. The molecule has 1 aliphatic carbocycles. The Hall–Kier alpha value is -0.0800. The van der Waals surface area contributed by atoms with Gasteiger partial charge in [0.05, 0.1) is 0 Å². The van der Waals surface area contributed by atoms with E-state index >= 15 is 0 Å². The van der Waals surface area contributed by atoms with Gasteiger partial charge in [0, 0.05) is 18.6 Å². The van der Waals surface area contributed by atoms with Crippen LogP contribution in [0.3, 0.4) is 0 Å². The maximum absolute atomic E-state index is 6.31. The molecule has 2 atom stereocenters. The summed E-state index contributed by atoms with van der Waals surface area (Å²) in [5.74, 6) is 1.75. The number of hydrogen-bond acceptors (Lipinski definition) is 2. The van der Waals surface area contributed by atoms with Crippen LogP contribution in [0.2, 0.25) is 0 Å². The lowest BCUT2D eigenvalue weighted by atomic mass is 9.78. The van der Waals surface area contributed by atoms with Crippen molar-refractivity contribution in [1.82, 2.24) is 4.90 Å². The average molecular weight is 280 g/mol. The van der Waals surface area contributed by atoms with Gasteiger partial charge in [-0.05, 0) is 55.9 Å². The summed E-state index contributed by atoms with van der Waals surface area (Å²) >= 11 is 0. The molecule has 2 rings (SSSR count). The van der Waals surface area contributed by atoms with Crippen LogP contribution in [0, 0.1) is 17.3 Å². The molecule has 1 saturated carbocycles. The van der Waals surface area contributed by atoms with Gasteiger partial charge in [-0.25, -0.2) is 0 Å². The highest BCUT2D eigenvalue weighted by Gasteiger charge is 2.41. The Morgan fingerprint density at radius 2 is 1.85 bits per heavy atom. The molecule has 2 heteroatoms. The van der Waals surface area contributed by atoms with Crippen LogP contribution in [0.1, 0.15) is 72.6 Å². The maximum atomic E-state index is 6.31. The SMILES string of the molecule is CC(C)C1CCCC(CN)(N2CCCC(C)(C)C2)CC1. The molecule has 0 aromatic carbocycles. The lowest BCUT2D eigenvalue weighted by Gasteiger charge is -2.49. The summed E-state index contributed by atoms with van der Waals surface area (Å²) in [5, 5.41) is 0. The molecular formula is C18H36N2. The topological polar surface area (TPSA) is 29.3 Å². The first kappa shape index (κ1) is 16.3. The summed E-state index contributed by atoms with van der Waals surface area (Å²) in [5.41, 5.74) is 7.09. The van der Waals surface area contributed by atoms with Gasteiger partial charge in [0.2, 0.25) is 0 Å². The van der Waals surface area contributed by atoms with Crippen LogP contribution in [0.5, 0.6) is 0 Å². The van der Waals surface area contributed by atoms with Crippen LogP contribution in [-0.4, -0.2) is 30.1 Å². The van der Waals surface area contributed by atoms with Gasteiger partial charge in [0.15, 0.2) is 0 Å². The fraction of sp³-hybridized carbons (Fsp3) is 1.00. The molecule has 0 radical (unpaired) electrons. The Balaban J connectivity index is 2.09. The van der Waals surface area contributed by atoms with Crippen LogP contribution in [0.25, 0.3) is 0 Å². The lowest BCUT2D eigenvalue weighted by Crippen LogP contribution is -2.58. The zero-order valence-electron chi connectivity index (χ0n) is 14.3. The molecule has 2 aliphatic rings. The van der Waals surface area contributed by atoms with Crippen molar-refractivity contribution in [3.63, 3.8) is 0 Å². The lowest BCUT2D eigenvalue weighted by molar-refractivity contribution is 0.00815. The van der Waals surface area contributed by atoms with Crippen molar-refractivity contribution in [3.8, 4) is 0 Å². The van der Waals surface area contributed by atoms with Crippen molar-refractivity contribution in [2.45, 2.75) is 78.2 Å². The van der Waals surface area contributed by atoms with E-state index < -0.39 is 0 Å². The smallest absolute Gasteiger partial charge is 0.0332 e.